The lowest BCUT2D eigenvalue weighted by molar-refractivity contribution is -0.862. The molecule has 6 heteroatoms. The van der Waals surface area contributed by atoms with Crippen molar-refractivity contribution >= 4 is 29.1 Å². The molecule has 0 aromatic heterocycles. The van der Waals surface area contributed by atoms with Gasteiger partial charge in [-0.05, 0) is 24.6 Å². The summed E-state index contributed by atoms with van der Waals surface area (Å²) in [6.45, 7) is 2.42. The van der Waals surface area contributed by atoms with Crippen molar-refractivity contribution < 1.29 is 14.5 Å². The van der Waals surface area contributed by atoms with Crippen LogP contribution < -0.4 is 10.2 Å². The molecule has 0 aliphatic rings. The maximum absolute atomic E-state index is 12.5. The molecule has 1 unspecified atom stereocenters. The van der Waals surface area contributed by atoms with Crippen LogP contribution in [0.4, 0.5) is 5.69 Å². The number of quaternary nitrogens is 1. The third-order valence-corrected chi connectivity index (χ3v) is 4.65. The van der Waals surface area contributed by atoms with Crippen LogP contribution in [0.15, 0.2) is 54.6 Å². The van der Waals surface area contributed by atoms with Crippen molar-refractivity contribution in [3.8, 4) is 0 Å². The van der Waals surface area contributed by atoms with Gasteiger partial charge >= 0.3 is 0 Å². The Bertz CT molecular complexity index is 752. The first kappa shape index (κ1) is 19.9. The predicted molar refractivity (Wildman–Crippen MR) is 104 cm³/mol. The fourth-order valence-electron chi connectivity index (χ4n) is 2.65. The average Bonchev–Trinajstić information content (AvgIpc) is 2.62. The predicted octanol–water partition coefficient (Wildman–Crippen LogP) is 2.01. The Morgan fingerprint density at radius 2 is 1.69 bits per heavy atom. The number of anilines is 1. The Hall–Kier alpha value is -2.37. The highest BCUT2D eigenvalue weighted by Crippen LogP contribution is 2.20. The zero-order valence-electron chi connectivity index (χ0n) is 15.3. The van der Waals surface area contributed by atoms with Crippen LogP contribution in [0, 0.1) is 0 Å². The first-order valence-electron chi connectivity index (χ1n) is 8.54. The molecule has 0 spiro atoms. The van der Waals surface area contributed by atoms with Crippen LogP contribution in [-0.4, -0.2) is 43.9 Å². The van der Waals surface area contributed by atoms with E-state index in [2.05, 4.69) is 5.32 Å². The van der Waals surface area contributed by atoms with E-state index in [1.165, 1.54) is 0 Å². The molecule has 5 nitrogen and oxygen atoms in total. The molecule has 2 rings (SSSR count). The molecule has 0 aliphatic carbocycles. The topological polar surface area (TPSA) is 53.9 Å². The molecule has 2 atom stereocenters. The van der Waals surface area contributed by atoms with Crippen LogP contribution in [0.25, 0.3) is 0 Å². The van der Waals surface area contributed by atoms with Gasteiger partial charge in [0, 0.05) is 7.05 Å². The number of halogens is 1. The minimum absolute atomic E-state index is 0.00982. The van der Waals surface area contributed by atoms with E-state index in [4.69, 9.17) is 11.6 Å². The average molecular weight is 375 g/mol. The first-order valence-corrected chi connectivity index (χ1v) is 8.92. The molecule has 0 bridgehead atoms. The largest absolute Gasteiger partial charge is 0.334 e. The molecule has 2 amide bonds. The molecule has 2 N–H and O–H groups in total. The van der Waals surface area contributed by atoms with Crippen LogP contribution in [0.1, 0.15) is 18.5 Å². The molecule has 138 valence electrons. The first-order chi connectivity index (χ1) is 12.4. The Labute approximate surface area is 159 Å². The van der Waals surface area contributed by atoms with E-state index in [9.17, 15) is 9.59 Å². The van der Waals surface area contributed by atoms with Gasteiger partial charge in [0.25, 0.3) is 11.8 Å². The monoisotopic (exact) mass is 374 g/mol. The fourth-order valence-corrected chi connectivity index (χ4v) is 2.83. The van der Waals surface area contributed by atoms with Crippen molar-refractivity contribution in [1.82, 2.24) is 4.90 Å². The minimum Gasteiger partial charge on any atom is -0.334 e. The lowest BCUT2D eigenvalue weighted by Gasteiger charge is -2.26. The molecule has 2 aromatic rings. The highest BCUT2D eigenvalue weighted by Gasteiger charge is 2.21. The van der Waals surface area contributed by atoms with Gasteiger partial charge in [-0.2, -0.15) is 0 Å². The molecule has 26 heavy (non-hydrogen) atoms. The van der Waals surface area contributed by atoms with E-state index < -0.39 is 0 Å². The lowest BCUT2D eigenvalue weighted by atomic mass is 10.1. The second kappa shape index (κ2) is 9.36. The molecular weight excluding hydrogens is 350 g/mol. The molecular formula is C20H25ClN3O2+. The van der Waals surface area contributed by atoms with Crippen LogP contribution in [0.2, 0.25) is 5.02 Å². The summed E-state index contributed by atoms with van der Waals surface area (Å²) in [5.41, 5.74) is 1.66. The smallest absolute Gasteiger partial charge is 0.279 e. The number of hydrogen-bond acceptors (Lipinski definition) is 2. The van der Waals surface area contributed by atoms with Gasteiger partial charge in [0.15, 0.2) is 13.1 Å². The van der Waals surface area contributed by atoms with Crippen LogP contribution in [0.5, 0.6) is 0 Å². The van der Waals surface area contributed by atoms with E-state index in [-0.39, 0.29) is 30.9 Å². The molecule has 0 fully saturated rings. The summed E-state index contributed by atoms with van der Waals surface area (Å²) in [6.07, 6.45) is 0. The molecule has 0 saturated carbocycles. The van der Waals surface area contributed by atoms with E-state index in [0.29, 0.717) is 10.7 Å². The van der Waals surface area contributed by atoms with E-state index in [1.54, 1.807) is 30.1 Å². The highest BCUT2D eigenvalue weighted by atomic mass is 35.5. The Balaban J connectivity index is 1.86. The standard InChI is InChI=1S/C20H24ClN3O2/c1-15(16-9-5-4-6-10-16)24(3)20(26)14-23(2)13-19(25)22-18-12-8-7-11-17(18)21/h4-12,15H,13-14H2,1-3H3,(H,22,25)/p+1/t15-/m0/s1. The lowest BCUT2D eigenvalue weighted by Crippen LogP contribution is -3.11. The van der Waals surface area contributed by atoms with Gasteiger partial charge < -0.3 is 15.1 Å². The number of para-hydroxylation sites is 1. The van der Waals surface area contributed by atoms with Gasteiger partial charge in [-0.3, -0.25) is 9.59 Å². The number of rotatable bonds is 7. The van der Waals surface area contributed by atoms with Crippen molar-refractivity contribution in [3.05, 3.63) is 65.2 Å². The van der Waals surface area contributed by atoms with Crippen molar-refractivity contribution in [3.63, 3.8) is 0 Å². The van der Waals surface area contributed by atoms with E-state index in [1.807, 2.05) is 50.4 Å². The normalized spacial score (nSPS) is 12.9. The zero-order chi connectivity index (χ0) is 19.1. The third-order valence-electron chi connectivity index (χ3n) is 4.32. The van der Waals surface area contributed by atoms with Gasteiger partial charge in [0.05, 0.1) is 23.8 Å². The van der Waals surface area contributed by atoms with Gasteiger partial charge in [0.1, 0.15) is 0 Å². The Kier molecular flexibility index (Phi) is 7.18. The van der Waals surface area contributed by atoms with Crippen molar-refractivity contribution in [2.75, 3.05) is 32.5 Å². The maximum atomic E-state index is 12.5. The number of carbonyl (C=O) groups is 2. The Morgan fingerprint density at radius 1 is 1.08 bits per heavy atom. The highest BCUT2D eigenvalue weighted by molar-refractivity contribution is 6.33. The number of nitrogens with one attached hydrogen (secondary N) is 2. The summed E-state index contributed by atoms with van der Waals surface area (Å²) in [6, 6.07) is 16.9. The summed E-state index contributed by atoms with van der Waals surface area (Å²) in [5, 5.41) is 3.27. The summed E-state index contributed by atoms with van der Waals surface area (Å²) in [4.78, 5) is 27.2. The van der Waals surface area contributed by atoms with Crippen LogP contribution in [-0.2, 0) is 9.59 Å². The maximum Gasteiger partial charge on any atom is 0.279 e. The summed E-state index contributed by atoms with van der Waals surface area (Å²) in [5.74, 6) is -0.188. The summed E-state index contributed by atoms with van der Waals surface area (Å²) < 4.78 is 0. The number of carbonyl (C=O) groups excluding carboxylic acids is 2. The fraction of sp³-hybridized carbons (Fsp3) is 0.300. The van der Waals surface area contributed by atoms with E-state index >= 15 is 0 Å². The summed E-state index contributed by atoms with van der Waals surface area (Å²) in [7, 11) is 3.61. The number of benzene rings is 2. The molecule has 0 aliphatic heterocycles. The quantitative estimate of drug-likeness (QED) is 0.779. The van der Waals surface area contributed by atoms with Gasteiger partial charge in [0.2, 0.25) is 0 Å². The Morgan fingerprint density at radius 3 is 2.35 bits per heavy atom. The van der Waals surface area contributed by atoms with Gasteiger partial charge in [-0.15, -0.1) is 0 Å². The molecule has 0 saturated heterocycles. The zero-order valence-corrected chi connectivity index (χ0v) is 16.1. The number of hydrogen-bond donors (Lipinski definition) is 2. The molecule has 0 heterocycles. The second-order valence-electron chi connectivity index (χ2n) is 6.43. The van der Waals surface area contributed by atoms with E-state index in [0.717, 1.165) is 10.5 Å². The van der Waals surface area contributed by atoms with Crippen molar-refractivity contribution in [1.29, 1.82) is 0 Å². The van der Waals surface area contributed by atoms with Crippen LogP contribution >= 0.6 is 11.6 Å². The second-order valence-corrected chi connectivity index (χ2v) is 6.84. The van der Waals surface area contributed by atoms with Crippen LogP contribution in [0.3, 0.4) is 0 Å². The molecule has 2 aromatic carbocycles. The van der Waals surface area contributed by atoms with Crippen molar-refractivity contribution in [2.45, 2.75) is 13.0 Å². The summed E-state index contributed by atoms with van der Waals surface area (Å²) >= 11 is 6.04. The number of nitrogens with zero attached hydrogens (tertiary/aromatic N) is 1. The molecule has 0 radical (unpaired) electrons. The minimum atomic E-state index is -0.179. The van der Waals surface area contributed by atoms with Gasteiger partial charge in [-0.25, -0.2) is 0 Å². The van der Waals surface area contributed by atoms with Gasteiger partial charge in [-0.1, -0.05) is 54.1 Å². The third kappa shape index (κ3) is 5.58. The van der Waals surface area contributed by atoms with Crippen molar-refractivity contribution in [2.24, 2.45) is 0 Å². The SMILES string of the molecule is C[C@@H](c1ccccc1)N(C)C(=O)C[NH+](C)CC(=O)Nc1ccccc1Cl. The number of likely N-dealkylation sites (N-methyl/N-ethyl adjacent to an activating group) is 2. The number of amides is 2.